The summed E-state index contributed by atoms with van der Waals surface area (Å²) in [6.07, 6.45) is 1.54. The van der Waals surface area contributed by atoms with Crippen LogP contribution in [0.2, 0.25) is 0 Å². The van der Waals surface area contributed by atoms with Crippen molar-refractivity contribution in [2.45, 2.75) is 117 Å². The molecule has 1 saturated heterocycles. The first kappa shape index (κ1) is 52.2. The van der Waals surface area contributed by atoms with E-state index in [2.05, 4.69) is 21.3 Å². The van der Waals surface area contributed by atoms with Crippen molar-refractivity contribution >= 4 is 39.5 Å². The van der Waals surface area contributed by atoms with Gasteiger partial charge in [0.15, 0.2) is 5.78 Å². The normalized spacial score (nSPS) is 16.4. The average molecular weight is 838 g/mol. The monoisotopic (exact) mass is 837 g/mol. The number of nitrogens with one attached hydrogen (secondary N) is 4. The number of rotatable bonds is 29. The van der Waals surface area contributed by atoms with Gasteiger partial charge in [0, 0.05) is 26.8 Å². The highest BCUT2D eigenvalue weighted by Crippen LogP contribution is 2.20. The highest BCUT2D eigenvalue weighted by atomic mass is 32.2. The molecule has 57 heavy (non-hydrogen) atoms. The zero-order valence-corrected chi connectivity index (χ0v) is 36.6. The van der Waals surface area contributed by atoms with Crippen LogP contribution < -0.4 is 21.3 Å². The summed E-state index contributed by atoms with van der Waals surface area (Å²) in [6.45, 7) is 17.3. The van der Waals surface area contributed by atoms with Crippen molar-refractivity contribution in [2.75, 3.05) is 85.2 Å². The topological polar surface area (TPSA) is 237 Å². The maximum Gasteiger partial charge on any atom is 0.269 e. The molecule has 332 valence electrons. The molecule has 1 aliphatic heterocycles. The smallest absolute Gasteiger partial charge is 0.269 e. The molecule has 0 bridgehead atoms. The number of ether oxygens (including phenoxy) is 4. The number of hydrogen-bond donors (Lipinski definition) is 5. The van der Waals surface area contributed by atoms with Gasteiger partial charge in [0.1, 0.15) is 18.2 Å². The van der Waals surface area contributed by atoms with E-state index in [0.717, 1.165) is 6.92 Å². The number of carbonyl (C=O) groups is 5. The van der Waals surface area contributed by atoms with Gasteiger partial charge in [0.25, 0.3) is 10.1 Å². The highest BCUT2D eigenvalue weighted by Gasteiger charge is 2.39. The minimum Gasteiger partial charge on any atom is -0.385 e. The summed E-state index contributed by atoms with van der Waals surface area (Å²) < 4.78 is 52.6. The molecule has 18 nitrogen and oxygen atoms in total. The van der Waals surface area contributed by atoms with Crippen molar-refractivity contribution in [2.24, 2.45) is 11.8 Å². The number of ketones is 1. The Morgan fingerprint density at radius 1 is 0.754 bits per heavy atom. The van der Waals surface area contributed by atoms with Crippen molar-refractivity contribution in [3.05, 3.63) is 0 Å². The van der Waals surface area contributed by atoms with E-state index in [4.69, 9.17) is 23.1 Å². The largest absolute Gasteiger partial charge is 0.385 e. The summed E-state index contributed by atoms with van der Waals surface area (Å²) in [5.74, 6) is -3.87. The summed E-state index contributed by atoms with van der Waals surface area (Å²) in [5, 5.41) is 21.2. The number of morpholine rings is 1. The first-order valence-corrected chi connectivity index (χ1v) is 21.3. The fraction of sp³-hybridized carbons (Fsp3) is 0.868. The van der Waals surface area contributed by atoms with E-state index in [1.54, 1.807) is 21.0 Å². The van der Waals surface area contributed by atoms with Gasteiger partial charge in [0.05, 0.1) is 69.1 Å². The van der Waals surface area contributed by atoms with Crippen LogP contribution in [0.4, 0.5) is 0 Å². The van der Waals surface area contributed by atoms with Crippen LogP contribution in [0.1, 0.15) is 88.0 Å². The third kappa shape index (κ3) is 23.4. The van der Waals surface area contributed by atoms with Crippen molar-refractivity contribution in [1.82, 2.24) is 26.2 Å². The lowest BCUT2D eigenvalue weighted by atomic mass is 9.90. The molecule has 1 fully saturated rings. The Bertz CT molecular complexity index is 1380. The van der Waals surface area contributed by atoms with Gasteiger partial charge < -0.3 is 45.3 Å². The van der Waals surface area contributed by atoms with Crippen LogP contribution >= 0.6 is 0 Å². The van der Waals surface area contributed by atoms with Crippen molar-refractivity contribution in [3.8, 4) is 0 Å². The van der Waals surface area contributed by atoms with Crippen LogP contribution in [0, 0.1) is 11.8 Å². The lowest BCUT2D eigenvalue weighted by Gasteiger charge is -2.30. The van der Waals surface area contributed by atoms with Crippen LogP contribution in [-0.4, -0.2) is 162 Å². The molecule has 5 N–H and O–H groups in total. The average Bonchev–Trinajstić information content (AvgIpc) is 3.10. The van der Waals surface area contributed by atoms with Gasteiger partial charge in [0.2, 0.25) is 23.6 Å². The number of nitrogens with zero attached hydrogens (tertiary/aromatic N) is 1. The maximum atomic E-state index is 13.5. The summed E-state index contributed by atoms with van der Waals surface area (Å²) in [7, 11) is -2.61. The molecule has 3 atom stereocenters. The predicted octanol–water partition coefficient (Wildman–Crippen LogP) is 0.296. The Labute approximate surface area is 339 Å². The molecule has 1 heterocycles. The molecule has 0 aliphatic carbocycles. The Hall–Kier alpha value is -2.78. The van der Waals surface area contributed by atoms with Gasteiger partial charge in [-0.1, -0.05) is 27.7 Å². The Balaban J connectivity index is 2.70. The summed E-state index contributed by atoms with van der Waals surface area (Å²) in [4.78, 5) is 66.4. The van der Waals surface area contributed by atoms with E-state index in [-0.39, 0.29) is 50.3 Å². The molecule has 0 saturated carbocycles. The number of aliphatic hydroxyl groups is 1. The first-order valence-electron chi connectivity index (χ1n) is 19.7. The van der Waals surface area contributed by atoms with E-state index < -0.39 is 81.4 Å². The van der Waals surface area contributed by atoms with E-state index >= 15 is 0 Å². The second-order valence-corrected chi connectivity index (χ2v) is 18.5. The van der Waals surface area contributed by atoms with E-state index in [9.17, 15) is 37.5 Å². The lowest BCUT2D eigenvalue weighted by Crippen LogP contribution is -2.56. The van der Waals surface area contributed by atoms with Crippen LogP contribution in [-0.2, 0) is 57.2 Å². The lowest BCUT2D eigenvalue weighted by molar-refractivity contribution is -0.143. The summed E-state index contributed by atoms with van der Waals surface area (Å²) in [6, 6.07) is -2.25. The van der Waals surface area contributed by atoms with E-state index in [0.29, 0.717) is 52.4 Å². The predicted molar refractivity (Wildman–Crippen MR) is 213 cm³/mol. The Morgan fingerprint density at radius 3 is 1.82 bits per heavy atom. The second-order valence-electron chi connectivity index (χ2n) is 16.8. The van der Waals surface area contributed by atoms with Crippen molar-refractivity contribution in [3.63, 3.8) is 0 Å². The van der Waals surface area contributed by atoms with E-state index in [1.807, 2.05) is 46.4 Å². The SMILES string of the molecule is COCCC(C)(C)OCCC(C)(C)OCCS(=O)(=O)OCC(C)(O)C(=O)[C@H](CC(C)C)NC(=O)CNC(=O)[C@H](CC(C)C)NC(=O)CNC(=O)CN1CCOCC1. The minimum atomic E-state index is -4.23. The van der Waals surface area contributed by atoms with Gasteiger partial charge in [-0.15, -0.1) is 0 Å². The van der Waals surface area contributed by atoms with E-state index in [1.165, 1.54) is 0 Å². The summed E-state index contributed by atoms with van der Waals surface area (Å²) in [5.41, 5.74) is -3.41. The van der Waals surface area contributed by atoms with Crippen LogP contribution in [0.15, 0.2) is 0 Å². The van der Waals surface area contributed by atoms with Crippen molar-refractivity contribution < 1.29 is 60.6 Å². The third-order valence-corrected chi connectivity index (χ3v) is 10.2. The maximum absolute atomic E-state index is 13.5. The number of carbonyl (C=O) groups excluding carboxylic acids is 5. The first-order chi connectivity index (χ1) is 26.4. The number of methoxy groups -OCH3 is 1. The Kier molecular flexibility index (Phi) is 22.9. The highest BCUT2D eigenvalue weighted by molar-refractivity contribution is 7.86. The van der Waals surface area contributed by atoms with Crippen LogP contribution in [0.5, 0.6) is 0 Å². The Morgan fingerprint density at radius 2 is 1.26 bits per heavy atom. The standard InChI is InChI=1S/C38H71N5O13S/c1-27(2)21-29(34(47)38(9,49)26-56-57(50,51)20-19-55-37(7,8)12-16-54-36(5,6)11-15-52-10)41-32(45)24-40-35(48)30(22-28(3)4)42-31(44)23-39-33(46)25-43-13-17-53-18-14-43/h27-30,49H,11-26H2,1-10H3,(H,39,46)(H,40,48)(H,41,45)(H,42,44)/t29-,30-,38?/m0/s1. The molecule has 4 amide bonds. The fourth-order valence-electron chi connectivity index (χ4n) is 5.58. The molecule has 19 heteroatoms. The van der Waals surface area contributed by atoms with Crippen LogP contribution in [0.25, 0.3) is 0 Å². The zero-order valence-electron chi connectivity index (χ0n) is 35.8. The molecule has 0 spiro atoms. The number of hydrogen-bond acceptors (Lipinski definition) is 14. The minimum absolute atomic E-state index is 0.0131. The van der Waals surface area contributed by atoms with Gasteiger partial charge in [-0.2, -0.15) is 8.42 Å². The molecule has 0 aromatic heterocycles. The van der Waals surface area contributed by atoms with Gasteiger partial charge >= 0.3 is 0 Å². The van der Waals surface area contributed by atoms with Crippen LogP contribution in [0.3, 0.4) is 0 Å². The zero-order chi connectivity index (χ0) is 43.5. The number of Topliss-reactive ketones (excluding diaryl/α,β-unsaturated/α-hetero) is 1. The molecule has 0 aromatic rings. The molecule has 1 rings (SSSR count). The molecule has 1 aliphatic rings. The molecule has 0 aromatic carbocycles. The van der Waals surface area contributed by atoms with Gasteiger partial charge in [-0.25, -0.2) is 0 Å². The molecule has 1 unspecified atom stereocenters. The second kappa shape index (κ2) is 25.0. The molecular weight excluding hydrogens is 767 g/mol. The quantitative estimate of drug-likeness (QED) is 0.0638. The van der Waals surface area contributed by atoms with Gasteiger partial charge in [-0.05, 0) is 72.1 Å². The fourth-order valence-corrected chi connectivity index (χ4v) is 6.39. The van der Waals surface area contributed by atoms with Gasteiger partial charge in [-0.3, -0.25) is 33.1 Å². The third-order valence-electron chi connectivity index (χ3n) is 9.04. The van der Waals surface area contributed by atoms with Crippen molar-refractivity contribution in [1.29, 1.82) is 0 Å². The number of amides is 4. The molecule has 0 radical (unpaired) electrons. The summed E-state index contributed by atoms with van der Waals surface area (Å²) >= 11 is 0. The molecular formula is C38H71N5O13S.